The van der Waals surface area contributed by atoms with Crippen LogP contribution in [-0.4, -0.2) is 27.4 Å². The van der Waals surface area contributed by atoms with E-state index < -0.39 is 0 Å². The van der Waals surface area contributed by atoms with E-state index in [-0.39, 0.29) is 11.2 Å². The van der Waals surface area contributed by atoms with Gasteiger partial charge in [0.25, 0.3) is 0 Å². The van der Waals surface area contributed by atoms with Gasteiger partial charge < -0.3 is 5.32 Å². The molecular weight excluding hydrogens is 358 g/mol. The van der Waals surface area contributed by atoms with Crippen molar-refractivity contribution < 1.29 is 4.79 Å². The van der Waals surface area contributed by atoms with Gasteiger partial charge in [0.15, 0.2) is 5.13 Å². The lowest BCUT2D eigenvalue weighted by Gasteiger charge is -2.09. The van der Waals surface area contributed by atoms with Crippen LogP contribution in [0.25, 0.3) is 11.4 Å². The molecule has 20 heavy (non-hydrogen) atoms. The van der Waals surface area contributed by atoms with Gasteiger partial charge in [0, 0.05) is 16.0 Å². The molecule has 1 N–H and O–H groups in total. The number of anilines is 1. The van der Waals surface area contributed by atoms with E-state index in [1.54, 1.807) is 18.0 Å². The van der Waals surface area contributed by atoms with E-state index in [0.717, 1.165) is 22.3 Å². The highest BCUT2D eigenvalue weighted by atomic mass is 79.9. The summed E-state index contributed by atoms with van der Waals surface area (Å²) >= 11 is 6.31. The average molecular weight is 372 g/mol. The number of aromatic nitrogens is 2. The van der Waals surface area contributed by atoms with Crippen LogP contribution in [0.3, 0.4) is 0 Å². The molecule has 0 radical (unpaired) electrons. The number of rotatable bonds is 5. The molecule has 2 aromatic heterocycles. The smallest absolute Gasteiger partial charge is 0.239 e. The summed E-state index contributed by atoms with van der Waals surface area (Å²) in [5.74, 6) is 0.00432. The van der Waals surface area contributed by atoms with E-state index in [9.17, 15) is 4.79 Å². The van der Waals surface area contributed by atoms with Gasteiger partial charge in [-0.3, -0.25) is 9.78 Å². The Morgan fingerprint density at radius 2 is 2.30 bits per heavy atom. The predicted molar refractivity (Wildman–Crippen MR) is 89.3 cm³/mol. The van der Waals surface area contributed by atoms with E-state index >= 15 is 0 Å². The fraction of sp³-hybridized carbons (Fsp3) is 0.308. The van der Waals surface area contributed by atoms with Gasteiger partial charge >= 0.3 is 0 Å². The van der Waals surface area contributed by atoms with Gasteiger partial charge in [-0.2, -0.15) is 11.8 Å². The molecule has 4 nitrogen and oxygen atoms in total. The maximum Gasteiger partial charge on any atom is 0.239 e. The standard InChI is InChI=1S/C13H14BrN3OS2/c1-3-11(19-2)12(18)17-13-16-10(7-20-13)9-5-4-8(14)6-15-9/h4-7,11H,3H2,1-2H3,(H,16,17,18)/t11-/m1/s1. The minimum atomic E-state index is -0.0341. The first-order valence-electron chi connectivity index (χ1n) is 6.05. The van der Waals surface area contributed by atoms with Gasteiger partial charge in [0.2, 0.25) is 5.91 Å². The molecule has 1 amide bonds. The molecule has 0 aromatic carbocycles. The van der Waals surface area contributed by atoms with Gasteiger partial charge in [-0.15, -0.1) is 11.3 Å². The Kier molecular flexibility index (Phi) is 5.56. The summed E-state index contributed by atoms with van der Waals surface area (Å²) in [5.41, 5.74) is 1.57. The van der Waals surface area contributed by atoms with Crippen molar-refractivity contribution >= 4 is 50.1 Å². The minimum Gasteiger partial charge on any atom is -0.301 e. The molecule has 2 rings (SSSR count). The maximum atomic E-state index is 12.0. The molecular formula is C13H14BrN3OS2. The first-order chi connectivity index (χ1) is 9.63. The molecule has 0 spiro atoms. The van der Waals surface area contributed by atoms with Crippen molar-refractivity contribution in [2.24, 2.45) is 0 Å². The normalized spacial score (nSPS) is 12.2. The summed E-state index contributed by atoms with van der Waals surface area (Å²) < 4.78 is 0.927. The van der Waals surface area contributed by atoms with Crippen molar-refractivity contribution in [1.82, 2.24) is 9.97 Å². The number of carbonyl (C=O) groups is 1. The number of halogens is 1. The van der Waals surface area contributed by atoms with Gasteiger partial charge in [-0.05, 0) is 40.7 Å². The Morgan fingerprint density at radius 3 is 2.90 bits per heavy atom. The number of thioether (sulfide) groups is 1. The first kappa shape index (κ1) is 15.5. The molecule has 1 atom stereocenters. The highest BCUT2D eigenvalue weighted by molar-refractivity contribution is 9.10. The average Bonchev–Trinajstić information content (AvgIpc) is 2.89. The summed E-state index contributed by atoms with van der Waals surface area (Å²) in [4.78, 5) is 20.7. The lowest BCUT2D eigenvalue weighted by atomic mass is 10.3. The highest BCUT2D eigenvalue weighted by Crippen LogP contribution is 2.25. The fourth-order valence-electron chi connectivity index (χ4n) is 1.62. The molecule has 106 valence electrons. The largest absolute Gasteiger partial charge is 0.301 e. The molecule has 7 heteroatoms. The number of hydrogen-bond acceptors (Lipinski definition) is 5. The number of nitrogens with one attached hydrogen (secondary N) is 1. The number of amides is 1. The molecule has 0 aliphatic carbocycles. The van der Waals surface area contributed by atoms with Crippen molar-refractivity contribution in [3.63, 3.8) is 0 Å². The van der Waals surface area contributed by atoms with Crippen molar-refractivity contribution in [2.75, 3.05) is 11.6 Å². The van der Waals surface area contributed by atoms with Crippen LogP contribution in [0.15, 0.2) is 28.2 Å². The number of thiazole rings is 1. The Hall–Kier alpha value is -0.920. The highest BCUT2D eigenvalue weighted by Gasteiger charge is 2.16. The second-order valence-electron chi connectivity index (χ2n) is 4.02. The summed E-state index contributed by atoms with van der Waals surface area (Å²) in [5, 5.41) is 5.33. The van der Waals surface area contributed by atoms with Crippen LogP contribution in [0.1, 0.15) is 13.3 Å². The topological polar surface area (TPSA) is 54.9 Å². The molecule has 0 unspecified atom stereocenters. The summed E-state index contributed by atoms with van der Waals surface area (Å²) in [6.07, 6.45) is 4.47. The number of nitrogens with zero attached hydrogens (tertiary/aromatic N) is 2. The van der Waals surface area contributed by atoms with Crippen molar-refractivity contribution in [3.8, 4) is 11.4 Å². The van der Waals surface area contributed by atoms with Gasteiger partial charge in [-0.25, -0.2) is 4.98 Å². The van der Waals surface area contributed by atoms with Crippen molar-refractivity contribution in [2.45, 2.75) is 18.6 Å². The number of hydrogen-bond donors (Lipinski definition) is 1. The molecule has 0 saturated heterocycles. The SMILES string of the molecule is CC[C@@H](SC)C(=O)Nc1nc(-c2ccc(Br)cn2)cs1. The van der Waals surface area contributed by atoms with Crippen LogP contribution in [0.4, 0.5) is 5.13 Å². The third-order valence-corrected chi connectivity index (χ3v) is 5.02. The van der Waals surface area contributed by atoms with E-state index in [2.05, 4.69) is 31.2 Å². The van der Waals surface area contributed by atoms with Crippen LogP contribution in [0, 0.1) is 0 Å². The number of carbonyl (C=O) groups excluding carboxylic acids is 1. The Balaban J connectivity index is 2.09. The second kappa shape index (κ2) is 7.19. The number of pyridine rings is 1. The zero-order valence-corrected chi connectivity index (χ0v) is 14.3. The van der Waals surface area contributed by atoms with Crippen LogP contribution >= 0.6 is 39.0 Å². The minimum absolute atomic E-state index is 0.00432. The molecule has 0 aliphatic heterocycles. The van der Waals surface area contributed by atoms with Crippen LogP contribution in [-0.2, 0) is 4.79 Å². The van der Waals surface area contributed by atoms with Crippen molar-refractivity contribution in [1.29, 1.82) is 0 Å². The quantitative estimate of drug-likeness (QED) is 0.861. The van der Waals surface area contributed by atoms with Gasteiger partial charge in [0.05, 0.1) is 10.9 Å². The fourth-order valence-corrected chi connectivity index (χ4v) is 3.17. The zero-order chi connectivity index (χ0) is 14.5. The molecule has 2 aromatic rings. The lowest BCUT2D eigenvalue weighted by Crippen LogP contribution is -2.24. The third-order valence-electron chi connectivity index (χ3n) is 2.67. The lowest BCUT2D eigenvalue weighted by molar-refractivity contribution is -0.115. The summed E-state index contributed by atoms with van der Waals surface area (Å²) in [7, 11) is 0. The second-order valence-corrected chi connectivity index (χ2v) is 6.84. The Morgan fingerprint density at radius 1 is 1.50 bits per heavy atom. The summed E-state index contributed by atoms with van der Waals surface area (Å²) in [6.45, 7) is 2.00. The van der Waals surface area contributed by atoms with E-state index in [1.165, 1.54) is 11.3 Å². The zero-order valence-electron chi connectivity index (χ0n) is 11.1. The Labute approximate surface area is 134 Å². The molecule has 0 aliphatic rings. The monoisotopic (exact) mass is 371 g/mol. The molecule has 2 heterocycles. The van der Waals surface area contributed by atoms with E-state index in [0.29, 0.717) is 5.13 Å². The molecule has 0 fully saturated rings. The van der Waals surface area contributed by atoms with Crippen LogP contribution in [0.2, 0.25) is 0 Å². The van der Waals surface area contributed by atoms with Crippen molar-refractivity contribution in [3.05, 3.63) is 28.2 Å². The molecule has 0 saturated carbocycles. The first-order valence-corrected chi connectivity index (χ1v) is 9.01. The predicted octanol–water partition coefficient (Wildman–Crippen LogP) is 4.05. The van der Waals surface area contributed by atoms with Crippen LogP contribution in [0.5, 0.6) is 0 Å². The van der Waals surface area contributed by atoms with Gasteiger partial charge in [-0.1, -0.05) is 6.92 Å². The third kappa shape index (κ3) is 3.80. The van der Waals surface area contributed by atoms with E-state index in [4.69, 9.17) is 0 Å². The summed E-state index contributed by atoms with van der Waals surface area (Å²) in [6, 6.07) is 3.81. The Bertz CT molecular complexity index is 582. The van der Waals surface area contributed by atoms with Crippen LogP contribution < -0.4 is 5.32 Å². The van der Waals surface area contributed by atoms with E-state index in [1.807, 2.05) is 30.7 Å². The molecule has 0 bridgehead atoms. The maximum absolute atomic E-state index is 12.0. The van der Waals surface area contributed by atoms with Gasteiger partial charge in [0.1, 0.15) is 5.69 Å².